The standard InChI is InChI=1S/C25H34ClN3O4S/c1-6-7-14-27-25(31)20(4)28(16-21-10-8-9-11-22(21)26)24(30)17-29(34(5,32)33)23-15-18(2)12-13-19(23)3/h8-13,15,20H,6-7,14,16-17H2,1-5H3,(H,27,31)/t20-/m0/s1. The van der Waals surface area contributed by atoms with Crippen molar-refractivity contribution in [3.63, 3.8) is 0 Å². The van der Waals surface area contributed by atoms with E-state index in [9.17, 15) is 18.0 Å². The van der Waals surface area contributed by atoms with Gasteiger partial charge in [0.2, 0.25) is 21.8 Å². The molecule has 0 saturated carbocycles. The molecule has 0 aliphatic rings. The average Bonchev–Trinajstić information content (AvgIpc) is 2.77. The van der Waals surface area contributed by atoms with E-state index in [4.69, 9.17) is 11.6 Å². The quantitative estimate of drug-likeness (QED) is 0.465. The molecule has 0 unspecified atom stereocenters. The lowest BCUT2D eigenvalue weighted by Crippen LogP contribution is -2.51. The highest BCUT2D eigenvalue weighted by Crippen LogP contribution is 2.25. The number of rotatable bonds is 11. The van der Waals surface area contributed by atoms with E-state index in [-0.39, 0.29) is 12.5 Å². The molecule has 0 saturated heterocycles. The summed E-state index contributed by atoms with van der Waals surface area (Å²) in [6.07, 6.45) is 2.82. The summed E-state index contributed by atoms with van der Waals surface area (Å²) in [6, 6.07) is 11.7. The molecule has 0 fully saturated rings. The van der Waals surface area contributed by atoms with Gasteiger partial charge in [0.15, 0.2) is 0 Å². The first kappa shape index (κ1) is 27.7. The molecule has 2 amide bonds. The number of amides is 2. The number of nitrogens with one attached hydrogen (secondary N) is 1. The molecule has 2 rings (SSSR count). The van der Waals surface area contributed by atoms with Crippen molar-refractivity contribution in [3.8, 4) is 0 Å². The smallest absolute Gasteiger partial charge is 0.244 e. The van der Waals surface area contributed by atoms with Crippen molar-refractivity contribution in [2.24, 2.45) is 0 Å². The van der Waals surface area contributed by atoms with Gasteiger partial charge >= 0.3 is 0 Å². The molecule has 186 valence electrons. The summed E-state index contributed by atoms with van der Waals surface area (Å²) < 4.78 is 26.5. The van der Waals surface area contributed by atoms with Crippen molar-refractivity contribution in [1.82, 2.24) is 10.2 Å². The summed E-state index contributed by atoms with van der Waals surface area (Å²) in [5.74, 6) is -0.795. The molecule has 0 aromatic heterocycles. The fraction of sp³-hybridized carbons (Fsp3) is 0.440. The first-order valence-corrected chi connectivity index (χ1v) is 13.5. The Bertz CT molecular complexity index is 1120. The Morgan fingerprint density at radius 3 is 2.41 bits per heavy atom. The van der Waals surface area contributed by atoms with E-state index in [0.717, 1.165) is 34.5 Å². The number of benzene rings is 2. The minimum atomic E-state index is -3.77. The van der Waals surface area contributed by atoms with Crippen LogP contribution in [0.15, 0.2) is 42.5 Å². The van der Waals surface area contributed by atoms with Gasteiger partial charge in [0.25, 0.3) is 0 Å². The van der Waals surface area contributed by atoms with Crippen LogP contribution in [-0.2, 0) is 26.2 Å². The molecule has 7 nitrogen and oxygen atoms in total. The fourth-order valence-electron chi connectivity index (χ4n) is 3.51. The lowest BCUT2D eigenvalue weighted by atomic mass is 10.1. The minimum absolute atomic E-state index is 0.0747. The lowest BCUT2D eigenvalue weighted by Gasteiger charge is -2.32. The summed E-state index contributed by atoms with van der Waals surface area (Å²) in [4.78, 5) is 27.8. The van der Waals surface area contributed by atoms with Gasteiger partial charge in [-0.15, -0.1) is 0 Å². The van der Waals surface area contributed by atoms with Crippen LogP contribution in [-0.4, -0.2) is 50.5 Å². The third-order valence-corrected chi connectivity index (χ3v) is 7.10. The maximum atomic E-state index is 13.6. The van der Waals surface area contributed by atoms with E-state index in [2.05, 4.69) is 5.32 Å². The summed E-state index contributed by atoms with van der Waals surface area (Å²) in [5, 5.41) is 3.32. The van der Waals surface area contributed by atoms with Crippen molar-refractivity contribution < 1.29 is 18.0 Å². The van der Waals surface area contributed by atoms with Crippen molar-refractivity contribution >= 4 is 39.1 Å². The molecule has 0 heterocycles. The van der Waals surface area contributed by atoms with Gasteiger partial charge in [0.05, 0.1) is 11.9 Å². The maximum Gasteiger partial charge on any atom is 0.244 e. The van der Waals surface area contributed by atoms with Crippen LogP contribution in [0.25, 0.3) is 0 Å². The van der Waals surface area contributed by atoms with Gasteiger partial charge in [0.1, 0.15) is 12.6 Å². The van der Waals surface area contributed by atoms with Gasteiger partial charge in [0, 0.05) is 18.1 Å². The predicted molar refractivity (Wildman–Crippen MR) is 137 cm³/mol. The van der Waals surface area contributed by atoms with Gasteiger partial charge in [-0.2, -0.15) is 0 Å². The zero-order chi connectivity index (χ0) is 25.5. The molecule has 9 heteroatoms. The van der Waals surface area contributed by atoms with Crippen LogP contribution in [0.3, 0.4) is 0 Å². The molecule has 34 heavy (non-hydrogen) atoms. The van der Waals surface area contributed by atoms with Crippen LogP contribution in [0.2, 0.25) is 5.02 Å². The van der Waals surface area contributed by atoms with Crippen LogP contribution in [0, 0.1) is 13.8 Å². The Balaban J connectivity index is 2.41. The molecule has 0 spiro atoms. The number of unbranched alkanes of at least 4 members (excludes halogenated alkanes) is 1. The topological polar surface area (TPSA) is 86.8 Å². The highest BCUT2D eigenvalue weighted by atomic mass is 35.5. The number of sulfonamides is 1. The molecule has 2 aromatic rings. The first-order valence-electron chi connectivity index (χ1n) is 11.3. The summed E-state index contributed by atoms with van der Waals surface area (Å²) in [5.41, 5.74) is 2.71. The zero-order valence-electron chi connectivity index (χ0n) is 20.5. The SMILES string of the molecule is CCCCNC(=O)[C@H](C)N(Cc1ccccc1Cl)C(=O)CN(c1cc(C)ccc1C)S(C)(=O)=O. The molecule has 1 atom stereocenters. The number of aryl methyl sites for hydroxylation is 2. The third-order valence-electron chi connectivity index (χ3n) is 5.61. The number of carbonyl (C=O) groups excluding carboxylic acids is 2. The molecule has 0 radical (unpaired) electrons. The van der Waals surface area contributed by atoms with Crippen LogP contribution in [0.4, 0.5) is 5.69 Å². The predicted octanol–water partition coefficient (Wildman–Crippen LogP) is 4.06. The number of hydrogen-bond donors (Lipinski definition) is 1. The van der Waals surface area contributed by atoms with Crippen LogP contribution >= 0.6 is 11.6 Å². The van der Waals surface area contributed by atoms with Gasteiger partial charge in [-0.1, -0.05) is 55.3 Å². The molecule has 1 N–H and O–H groups in total. The first-order chi connectivity index (χ1) is 16.0. The van der Waals surface area contributed by atoms with Crippen molar-refractivity contribution in [2.75, 3.05) is 23.7 Å². The molecule has 2 aromatic carbocycles. The Morgan fingerprint density at radius 1 is 1.12 bits per heavy atom. The Hall–Kier alpha value is -2.58. The number of anilines is 1. The van der Waals surface area contributed by atoms with Crippen molar-refractivity contribution in [1.29, 1.82) is 0 Å². The lowest BCUT2D eigenvalue weighted by molar-refractivity contribution is -0.139. The van der Waals surface area contributed by atoms with Crippen molar-refractivity contribution in [3.05, 3.63) is 64.2 Å². The molecular formula is C25H34ClN3O4S. The van der Waals surface area contributed by atoms with E-state index < -0.39 is 28.5 Å². The second kappa shape index (κ2) is 12.2. The average molecular weight is 508 g/mol. The summed E-state index contributed by atoms with van der Waals surface area (Å²) in [7, 11) is -3.77. The number of nitrogens with zero attached hydrogens (tertiary/aromatic N) is 2. The van der Waals surface area contributed by atoms with Gasteiger partial charge < -0.3 is 10.2 Å². The highest BCUT2D eigenvalue weighted by molar-refractivity contribution is 7.92. The van der Waals surface area contributed by atoms with Crippen molar-refractivity contribution in [2.45, 2.75) is 53.1 Å². The summed E-state index contributed by atoms with van der Waals surface area (Å²) >= 11 is 6.33. The Labute approximate surface area is 208 Å². The molecule has 0 aliphatic carbocycles. The maximum absolute atomic E-state index is 13.6. The third kappa shape index (κ3) is 7.46. The second-order valence-electron chi connectivity index (χ2n) is 8.49. The molecule has 0 aliphatic heterocycles. The molecule has 0 bridgehead atoms. The van der Waals surface area contributed by atoms with Crippen LogP contribution < -0.4 is 9.62 Å². The highest BCUT2D eigenvalue weighted by Gasteiger charge is 2.30. The Kier molecular flexibility index (Phi) is 9.94. The largest absolute Gasteiger partial charge is 0.354 e. The molecular weight excluding hydrogens is 474 g/mol. The fourth-order valence-corrected chi connectivity index (χ4v) is 4.61. The normalized spacial score (nSPS) is 12.2. The summed E-state index contributed by atoms with van der Waals surface area (Å²) in [6.45, 7) is 7.46. The number of hydrogen-bond acceptors (Lipinski definition) is 4. The van der Waals surface area contributed by atoms with E-state index in [1.54, 1.807) is 44.2 Å². The van der Waals surface area contributed by atoms with E-state index >= 15 is 0 Å². The van der Waals surface area contributed by atoms with Gasteiger partial charge in [-0.3, -0.25) is 13.9 Å². The zero-order valence-corrected chi connectivity index (χ0v) is 22.0. The van der Waals surface area contributed by atoms with Crippen LogP contribution in [0.5, 0.6) is 0 Å². The second-order valence-corrected chi connectivity index (χ2v) is 10.8. The van der Waals surface area contributed by atoms with Gasteiger partial charge in [-0.25, -0.2) is 8.42 Å². The van der Waals surface area contributed by atoms with E-state index in [1.807, 2.05) is 26.0 Å². The van der Waals surface area contributed by atoms with Crippen LogP contribution in [0.1, 0.15) is 43.4 Å². The number of carbonyl (C=O) groups is 2. The van der Waals surface area contributed by atoms with E-state index in [1.165, 1.54) is 4.90 Å². The Morgan fingerprint density at radius 2 is 1.79 bits per heavy atom. The van der Waals surface area contributed by atoms with Gasteiger partial charge in [-0.05, 0) is 56.0 Å². The minimum Gasteiger partial charge on any atom is -0.354 e. The monoisotopic (exact) mass is 507 g/mol. The number of halogens is 1. The van der Waals surface area contributed by atoms with E-state index in [0.29, 0.717) is 22.8 Å².